The minimum Gasteiger partial charge on any atom is -0.463 e. The number of aromatic nitrogens is 1. The highest BCUT2D eigenvalue weighted by atomic mass is 79.9. The molecule has 0 unspecified atom stereocenters. The second-order valence-corrected chi connectivity index (χ2v) is 8.91. The number of imide groups is 1. The zero-order valence-corrected chi connectivity index (χ0v) is 20.2. The number of rotatable bonds is 6. The van der Waals surface area contributed by atoms with E-state index in [4.69, 9.17) is 4.42 Å². The van der Waals surface area contributed by atoms with Crippen LogP contribution in [-0.4, -0.2) is 34.5 Å². The van der Waals surface area contributed by atoms with Crippen LogP contribution in [0.2, 0.25) is 0 Å². The summed E-state index contributed by atoms with van der Waals surface area (Å²) < 4.78 is 13.1. The molecule has 3 amide bonds. The van der Waals surface area contributed by atoms with Gasteiger partial charge in [0.2, 0.25) is 5.76 Å². The number of fused-ring (bicyclic) bond motifs is 1. The molecule has 8 nitrogen and oxygen atoms in total. The van der Waals surface area contributed by atoms with Gasteiger partial charge in [-0.3, -0.25) is 9.69 Å². The Hall–Kier alpha value is -4.11. The molecular formula is C26H20BrN3O5. The van der Waals surface area contributed by atoms with Gasteiger partial charge in [0.25, 0.3) is 5.91 Å². The number of carbonyl (C=O) groups is 3. The summed E-state index contributed by atoms with van der Waals surface area (Å²) in [6.07, 6.45) is 3.65. The zero-order chi connectivity index (χ0) is 24.5. The summed E-state index contributed by atoms with van der Waals surface area (Å²) in [5.74, 6) is -0.811. The van der Waals surface area contributed by atoms with Gasteiger partial charge in [-0.15, -0.1) is 0 Å². The molecule has 1 N–H and O–H groups in total. The molecule has 0 atom stereocenters. The van der Waals surface area contributed by atoms with Crippen LogP contribution in [0.3, 0.4) is 0 Å². The van der Waals surface area contributed by atoms with Gasteiger partial charge in [0.1, 0.15) is 11.5 Å². The molecule has 0 aliphatic carbocycles. The van der Waals surface area contributed by atoms with Crippen molar-refractivity contribution in [1.82, 2.24) is 14.8 Å². The molecule has 0 radical (unpaired) electrons. The number of methoxy groups -OCH3 is 1. The monoisotopic (exact) mass is 533 g/mol. The maximum absolute atomic E-state index is 13.0. The van der Waals surface area contributed by atoms with E-state index in [1.807, 2.05) is 42.6 Å². The van der Waals surface area contributed by atoms with E-state index in [1.54, 1.807) is 6.08 Å². The van der Waals surface area contributed by atoms with Crippen LogP contribution in [0.1, 0.15) is 27.4 Å². The SMILES string of the molecule is COC(=O)c1ccc(CN2C(=O)N/C(=C\c3cn(Cc4ccc(Br)cc4)c4ccccc34)C2=O)o1. The van der Waals surface area contributed by atoms with Gasteiger partial charge in [0.15, 0.2) is 0 Å². The summed E-state index contributed by atoms with van der Waals surface area (Å²) in [5, 5.41) is 3.61. The number of amides is 3. The standard InChI is InChI=1S/C26H20BrN3O5/c1-34-25(32)23-11-10-19(35-23)15-30-24(31)21(28-26(30)33)12-17-14-29(22-5-3-2-4-20(17)22)13-16-6-8-18(27)9-7-16/h2-12,14H,13,15H2,1H3,(H,28,33)/b21-12-. The molecule has 35 heavy (non-hydrogen) atoms. The highest BCUT2D eigenvalue weighted by molar-refractivity contribution is 9.10. The van der Waals surface area contributed by atoms with E-state index in [-0.39, 0.29) is 18.0 Å². The summed E-state index contributed by atoms with van der Waals surface area (Å²) >= 11 is 3.46. The second kappa shape index (κ2) is 9.27. The molecule has 1 fully saturated rings. The summed E-state index contributed by atoms with van der Waals surface area (Å²) in [6, 6.07) is 18.4. The third kappa shape index (κ3) is 4.50. The first-order valence-electron chi connectivity index (χ1n) is 10.8. The Morgan fingerprint density at radius 3 is 2.60 bits per heavy atom. The van der Waals surface area contributed by atoms with E-state index in [0.29, 0.717) is 12.3 Å². The highest BCUT2D eigenvalue weighted by Crippen LogP contribution is 2.26. The quantitative estimate of drug-likeness (QED) is 0.215. The predicted octanol–water partition coefficient (Wildman–Crippen LogP) is 4.92. The number of ether oxygens (including phenoxy) is 1. The molecule has 0 bridgehead atoms. The van der Waals surface area contributed by atoms with Crippen molar-refractivity contribution in [3.63, 3.8) is 0 Å². The number of nitrogens with zero attached hydrogens (tertiary/aromatic N) is 2. The van der Waals surface area contributed by atoms with Crippen LogP contribution in [0.25, 0.3) is 17.0 Å². The number of esters is 1. The molecule has 1 aliphatic heterocycles. The fourth-order valence-corrected chi connectivity index (χ4v) is 4.27. The van der Waals surface area contributed by atoms with Crippen LogP contribution in [0.5, 0.6) is 0 Å². The molecule has 9 heteroatoms. The van der Waals surface area contributed by atoms with E-state index < -0.39 is 17.9 Å². The second-order valence-electron chi connectivity index (χ2n) is 7.99. The fraction of sp³-hybridized carbons (Fsp3) is 0.115. The molecule has 4 aromatic rings. The average Bonchev–Trinajstić information content (AvgIpc) is 3.54. The minimum absolute atomic E-state index is 0.00361. The maximum Gasteiger partial charge on any atom is 0.373 e. The van der Waals surface area contributed by atoms with Crippen molar-refractivity contribution in [3.05, 3.63) is 99.7 Å². The smallest absolute Gasteiger partial charge is 0.373 e. The van der Waals surface area contributed by atoms with E-state index in [1.165, 1.54) is 19.2 Å². The van der Waals surface area contributed by atoms with Gasteiger partial charge in [-0.25, -0.2) is 9.59 Å². The molecule has 1 aliphatic rings. The van der Waals surface area contributed by atoms with Crippen LogP contribution in [-0.2, 0) is 22.6 Å². The number of urea groups is 1. The number of benzene rings is 2. The number of carbonyl (C=O) groups excluding carboxylic acids is 3. The molecule has 0 saturated carbocycles. The first-order valence-corrected chi connectivity index (χ1v) is 11.6. The van der Waals surface area contributed by atoms with Crippen molar-refractivity contribution >= 4 is 50.8 Å². The van der Waals surface area contributed by atoms with Crippen LogP contribution < -0.4 is 5.32 Å². The Morgan fingerprint density at radius 2 is 1.83 bits per heavy atom. The van der Waals surface area contributed by atoms with Gasteiger partial charge in [0.05, 0.1) is 13.7 Å². The van der Waals surface area contributed by atoms with Gasteiger partial charge in [-0.1, -0.05) is 46.3 Å². The zero-order valence-electron chi connectivity index (χ0n) is 18.7. The lowest BCUT2D eigenvalue weighted by Gasteiger charge is -2.09. The predicted molar refractivity (Wildman–Crippen MR) is 132 cm³/mol. The Bertz CT molecular complexity index is 1480. The molecule has 2 aromatic heterocycles. The van der Waals surface area contributed by atoms with Crippen molar-refractivity contribution in [1.29, 1.82) is 0 Å². The minimum atomic E-state index is -0.631. The summed E-state index contributed by atoms with van der Waals surface area (Å²) in [5.41, 5.74) is 3.13. The van der Waals surface area contributed by atoms with Gasteiger partial charge < -0.3 is 19.0 Å². The molecule has 1 saturated heterocycles. The van der Waals surface area contributed by atoms with Gasteiger partial charge in [-0.05, 0) is 42.0 Å². The topological polar surface area (TPSA) is 93.8 Å². The molecular weight excluding hydrogens is 514 g/mol. The highest BCUT2D eigenvalue weighted by Gasteiger charge is 2.34. The lowest BCUT2D eigenvalue weighted by molar-refractivity contribution is -0.123. The summed E-state index contributed by atoms with van der Waals surface area (Å²) in [4.78, 5) is 38.2. The number of nitrogens with one attached hydrogen (secondary N) is 1. The number of halogens is 1. The van der Waals surface area contributed by atoms with Gasteiger partial charge in [0, 0.05) is 33.7 Å². The Labute approximate surface area is 208 Å². The van der Waals surface area contributed by atoms with E-state index in [2.05, 4.69) is 42.7 Å². The van der Waals surface area contributed by atoms with Gasteiger partial charge >= 0.3 is 12.0 Å². The Balaban J connectivity index is 1.41. The Morgan fingerprint density at radius 1 is 1.06 bits per heavy atom. The van der Waals surface area contributed by atoms with Crippen LogP contribution in [0.15, 0.2) is 81.4 Å². The number of hydrogen-bond donors (Lipinski definition) is 1. The van der Waals surface area contributed by atoms with E-state index >= 15 is 0 Å². The lowest BCUT2D eigenvalue weighted by Crippen LogP contribution is -2.30. The third-order valence-electron chi connectivity index (χ3n) is 5.71. The largest absolute Gasteiger partial charge is 0.463 e. The van der Waals surface area contributed by atoms with Crippen molar-refractivity contribution in [3.8, 4) is 0 Å². The van der Waals surface area contributed by atoms with E-state index in [0.717, 1.165) is 31.4 Å². The van der Waals surface area contributed by atoms with Gasteiger partial charge in [-0.2, -0.15) is 0 Å². The normalized spacial score (nSPS) is 14.7. The molecule has 0 spiro atoms. The molecule has 3 heterocycles. The fourth-order valence-electron chi connectivity index (χ4n) is 4.01. The Kier molecular flexibility index (Phi) is 6.00. The molecule has 5 rings (SSSR count). The molecule has 2 aromatic carbocycles. The van der Waals surface area contributed by atoms with E-state index in [9.17, 15) is 14.4 Å². The first-order chi connectivity index (χ1) is 16.9. The summed E-state index contributed by atoms with van der Waals surface area (Å²) in [7, 11) is 1.24. The van der Waals surface area contributed by atoms with Crippen LogP contribution >= 0.6 is 15.9 Å². The van der Waals surface area contributed by atoms with Crippen molar-refractivity contribution in [2.75, 3.05) is 7.11 Å². The van der Waals surface area contributed by atoms with Crippen molar-refractivity contribution in [2.24, 2.45) is 0 Å². The molecule has 176 valence electrons. The number of hydrogen-bond acceptors (Lipinski definition) is 5. The van der Waals surface area contributed by atoms with Crippen molar-refractivity contribution < 1.29 is 23.5 Å². The average molecular weight is 534 g/mol. The number of para-hydroxylation sites is 1. The van der Waals surface area contributed by atoms with Crippen LogP contribution in [0.4, 0.5) is 4.79 Å². The first kappa shape index (κ1) is 22.7. The third-order valence-corrected chi connectivity index (χ3v) is 6.24. The lowest BCUT2D eigenvalue weighted by atomic mass is 10.1. The van der Waals surface area contributed by atoms with Crippen molar-refractivity contribution in [2.45, 2.75) is 13.1 Å². The number of furan rings is 1. The van der Waals surface area contributed by atoms with Crippen LogP contribution in [0, 0.1) is 0 Å². The maximum atomic E-state index is 13.0. The summed E-state index contributed by atoms with van der Waals surface area (Å²) in [6.45, 7) is 0.550.